The van der Waals surface area contributed by atoms with E-state index in [-0.39, 0.29) is 82.9 Å². The van der Waals surface area contributed by atoms with Gasteiger partial charge in [0, 0.05) is 59.9 Å². The minimum Gasteiger partial charge on any atom is -0.486 e. The summed E-state index contributed by atoms with van der Waals surface area (Å²) < 4.78 is 26.6. The number of carbonyl (C=O) groups is 4. The summed E-state index contributed by atoms with van der Waals surface area (Å²) in [6.07, 6.45) is -5.58. The first-order valence-corrected chi connectivity index (χ1v) is 21.7. The lowest BCUT2D eigenvalue weighted by Gasteiger charge is -2.53. The molecule has 2 bridgehead atoms. The molecule has 8 N–H and O–H groups in total. The second kappa shape index (κ2) is 17.6. The van der Waals surface area contributed by atoms with Crippen LogP contribution in [0.3, 0.4) is 0 Å². The summed E-state index contributed by atoms with van der Waals surface area (Å²) >= 11 is 0. The Kier molecular flexibility index (Phi) is 12.0. The Morgan fingerprint density at radius 1 is 0.969 bits per heavy atom. The number of fused-ring (bicyclic) bond motifs is 7. The molecule has 2 fully saturated rings. The molecule has 1 spiro atoms. The number of rotatable bonds is 10. The van der Waals surface area contributed by atoms with Crippen molar-refractivity contribution in [2.45, 2.75) is 106 Å². The van der Waals surface area contributed by atoms with Crippen LogP contribution >= 0.6 is 0 Å². The molecule has 0 aromatic heterocycles. The van der Waals surface area contributed by atoms with E-state index in [0.29, 0.717) is 48.8 Å². The second-order valence-electron chi connectivity index (χ2n) is 17.2. The zero-order valence-corrected chi connectivity index (χ0v) is 35.2. The first-order valence-electron chi connectivity index (χ1n) is 21.7. The van der Waals surface area contributed by atoms with E-state index in [1.807, 2.05) is 0 Å². The molecule has 19 heteroatoms. The van der Waals surface area contributed by atoms with Crippen LogP contribution in [0.4, 0.5) is 5.69 Å². The highest BCUT2D eigenvalue weighted by molar-refractivity contribution is 6.72. The predicted molar refractivity (Wildman–Crippen MR) is 229 cm³/mol. The van der Waals surface area contributed by atoms with Crippen LogP contribution in [0.25, 0.3) is 0 Å². The first-order chi connectivity index (χ1) is 31.3. The third-order valence-corrected chi connectivity index (χ3v) is 13.3. The van der Waals surface area contributed by atoms with E-state index >= 15 is 0 Å². The van der Waals surface area contributed by atoms with E-state index in [4.69, 9.17) is 24.7 Å². The number of hydrogen-bond acceptors (Lipinski definition) is 18. The summed E-state index contributed by atoms with van der Waals surface area (Å²) in [5.41, 5.74) is 3.39. The van der Waals surface area contributed by atoms with Gasteiger partial charge in [-0.2, -0.15) is 9.98 Å². The lowest BCUT2D eigenvalue weighted by atomic mass is 9.73. The number of nitrogens with two attached hydrogens (primary N) is 1. The number of carbonyl (C=O) groups excluding carboxylic acids is 4. The van der Waals surface area contributed by atoms with Crippen molar-refractivity contribution < 1.29 is 68.8 Å². The van der Waals surface area contributed by atoms with E-state index < -0.39 is 91.5 Å². The van der Waals surface area contributed by atoms with Crippen molar-refractivity contribution in [3.8, 4) is 11.5 Å². The highest BCUT2D eigenvalue weighted by atomic mass is 16.7. The molecule has 1 saturated carbocycles. The summed E-state index contributed by atoms with van der Waals surface area (Å²) in [6.45, 7) is -1.79. The fourth-order valence-corrected chi connectivity index (χ4v) is 10.1. The number of ether oxygens (including phenoxy) is 4. The van der Waals surface area contributed by atoms with E-state index in [1.54, 1.807) is 29.2 Å². The normalized spacial score (nSPS) is 27.5. The molecule has 65 heavy (non-hydrogen) atoms. The average molecular weight is 896 g/mol. The Morgan fingerprint density at radius 3 is 2.51 bits per heavy atom. The van der Waals surface area contributed by atoms with Gasteiger partial charge in [0.05, 0.1) is 23.9 Å². The molecule has 342 valence electrons. The Labute approximate surface area is 371 Å². The van der Waals surface area contributed by atoms with Crippen molar-refractivity contribution in [1.82, 2.24) is 0 Å². The molecule has 6 aliphatic rings. The molecular formula is C46H49N5O14. The number of aliphatic hydroxyl groups is 6. The van der Waals surface area contributed by atoms with Crippen LogP contribution in [0.5, 0.6) is 11.5 Å². The van der Waals surface area contributed by atoms with E-state index in [2.05, 4.69) is 15.0 Å². The topological polar surface area (TPSA) is 293 Å². The zero-order valence-electron chi connectivity index (χ0n) is 35.2. The maximum atomic E-state index is 14.9. The molecule has 4 heterocycles. The number of aldehydes is 1. The Hall–Kier alpha value is -5.77. The van der Waals surface area contributed by atoms with Crippen molar-refractivity contribution >= 4 is 47.0 Å². The van der Waals surface area contributed by atoms with Gasteiger partial charge in [-0.3, -0.25) is 19.4 Å². The number of amides is 1. The summed E-state index contributed by atoms with van der Waals surface area (Å²) in [7, 11) is 0. The van der Waals surface area contributed by atoms with Crippen molar-refractivity contribution in [1.29, 1.82) is 0 Å². The third-order valence-electron chi connectivity index (χ3n) is 13.3. The van der Waals surface area contributed by atoms with Crippen LogP contribution in [0.15, 0.2) is 63.5 Å². The number of ketones is 2. The van der Waals surface area contributed by atoms with Crippen LogP contribution < -0.4 is 20.1 Å². The van der Waals surface area contributed by atoms with Crippen LogP contribution in [0.2, 0.25) is 0 Å². The molecule has 19 nitrogen and oxygen atoms in total. The van der Waals surface area contributed by atoms with Crippen molar-refractivity contribution in [2.24, 2.45) is 20.7 Å². The van der Waals surface area contributed by atoms with Gasteiger partial charge >= 0.3 is 5.91 Å². The molecule has 7 atom stereocenters. The van der Waals surface area contributed by atoms with Crippen molar-refractivity contribution in [3.63, 3.8) is 0 Å². The van der Waals surface area contributed by atoms with Gasteiger partial charge in [-0.05, 0) is 54.7 Å². The molecule has 3 aromatic rings. The number of guanidine groups is 1. The number of anilines is 1. The third kappa shape index (κ3) is 7.54. The predicted octanol–water partition coefficient (Wildman–Crippen LogP) is 0.949. The van der Waals surface area contributed by atoms with Gasteiger partial charge in [-0.15, -0.1) is 0 Å². The van der Waals surface area contributed by atoms with Crippen LogP contribution in [0, 0.1) is 0 Å². The van der Waals surface area contributed by atoms with Gasteiger partial charge in [0.25, 0.3) is 0 Å². The Bertz CT molecular complexity index is 2540. The Morgan fingerprint density at radius 2 is 1.75 bits per heavy atom. The smallest absolute Gasteiger partial charge is 0.302 e. The van der Waals surface area contributed by atoms with Gasteiger partial charge in [-0.1, -0.05) is 43.5 Å². The molecular weight excluding hydrogens is 847 g/mol. The number of aliphatic imine (C=N–C) groups is 3. The summed E-state index contributed by atoms with van der Waals surface area (Å²) in [6, 6.07) is 12.9. The highest BCUT2D eigenvalue weighted by Gasteiger charge is 2.61. The maximum Gasteiger partial charge on any atom is 0.302 e. The zero-order chi connectivity index (χ0) is 45.8. The average Bonchev–Trinajstić information content (AvgIpc) is 3.72. The number of amidine groups is 1. The number of para-hydroxylation sites is 1. The molecule has 9 rings (SSSR count). The first kappa shape index (κ1) is 44.4. The number of nitrogens with zero attached hydrogens (tertiary/aromatic N) is 4. The monoisotopic (exact) mass is 895 g/mol. The molecule has 0 radical (unpaired) electrons. The molecule has 1 amide bonds. The highest BCUT2D eigenvalue weighted by Crippen LogP contribution is 2.52. The standard InChI is InChI=1S/C46H49N5O14/c47-44-49-41-33(42(60)50-44)48-22-51(41)31-7-3-2-6-26(31)25-11-17-63-45(12-4-1-5-13-45)40-36(58)39(59)46(61,14-16-53)43(65-40)64-37-29(25)19-30-32(38(37)62-21-24(55)10-15-52)35(57)28-18-23(20-54)8-9-27(28)34(30)56/h2-3,6-9,15,18-19,24-25,36,39-40,43,53-55,58-59,61H,1,4-5,10-14,16-17,20-22H2,(H2,47,50,60). The minimum atomic E-state index is -2.51. The van der Waals surface area contributed by atoms with Crippen molar-refractivity contribution in [2.75, 3.05) is 31.4 Å². The lowest BCUT2D eigenvalue weighted by Crippen LogP contribution is -2.72. The van der Waals surface area contributed by atoms with Crippen molar-refractivity contribution in [3.05, 3.63) is 87.5 Å². The van der Waals surface area contributed by atoms with Crippen LogP contribution in [-0.4, -0.2) is 140 Å². The number of benzene rings is 3. The molecule has 2 aliphatic carbocycles. The number of hydrogen-bond donors (Lipinski definition) is 7. The van der Waals surface area contributed by atoms with E-state index in [9.17, 15) is 49.8 Å². The van der Waals surface area contributed by atoms with Crippen LogP contribution in [0.1, 0.15) is 106 Å². The lowest BCUT2D eigenvalue weighted by molar-refractivity contribution is -0.349. The van der Waals surface area contributed by atoms with E-state index in [0.717, 1.165) is 6.42 Å². The van der Waals surface area contributed by atoms with E-state index in [1.165, 1.54) is 24.3 Å². The molecule has 4 aliphatic heterocycles. The SMILES string of the molecule is NC1=NC(=O)C2=NCN(c3ccccc3C3CCOC4(CCCCC4)C4OC(Oc5c3cc3c(c5OCC(O)CC=O)C(=O)c5cc(CO)ccc5C3=O)C(O)(CCO)C(O)C4O)C2=N1. The molecule has 3 aromatic carbocycles. The second-order valence-corrected chi connectivity index (χ2v) is 17.2. The summed E-state index contributed by atoms with van der Waals surface area (Å²) in [5, 5.41) is 67.3. The quantitative estimate of drug-likeness (QED) is 0.109. The molecule has 7 unspecified atom stereocenters. The van der Waals surface area contributed by atoms with Gasteiger partial charge in [0.2, 0.25) is 12.2 Å². The van der Waals surface area contributed by atoms with Gasteiger partial charge in [-0.25, -0.2) is 0 Å². The molecule has 1 saturated heterocycles. The number of aliphatic hydroxyl groups excluding tert-OH is 5. The maximum absolute atomic E-state index is 14.9. The van der Waals surface area contributed by atoms with Gasteiger partial charge in [0.1, 0.15) is 37.9 Å². The fourth-order valence-electron chi connectivity index (χ4n) is 10.1. The van der Waals surface area contributed by atoms with Gasteiger partial charge in [0.15, 0.2) is 40.2 Å². The largest absolute Gasteiger partial charge is 0.486 e. The summed E-state index contributed by atoms with van der Waals surface area (Å²) in [5.74, 6) is -3.62. The van der Waals surface area contributed by atoms with Crippen LogP contribution in [-0.2, 0) is 25.7 Å². The minimum absolute atomic E-state index is 0.00164. The Balaban J connectivity index is 1.32. The van der Waals surface area contributed by atoms with Gasteiger partial charge < -0.3 is 65.0 Å². The fraction of sp³-hybridized carbons (Fsp3) is 0.457. The summed E-state index contributed by atoms with van der Waals surface area (Å²) in [4.78, 5) is 68.3.